The van der Waals surface area contributed by atoms with Crippen LogP contribution in [-0.4, -0.2) is 16.8 Å². The number of amides is 1. The van der Waals surface area contributed by atoms with E-state index in [1.165, 1.54) is 5.56 Å². The SMILES string of the molecule is N#CC1(C(=O)N(Cc2ccsc2)C2CC2)CCCCC1. The molecule has 0 atom stereocenters. The summed E-state index contributed by atoms with van der Waals surface area (Å²) < 4.78 is 0. The normalized spacial score (nSPS) is 21.1. The Kier molecular flexibility index (Phi) is 3.80. The van der Waals surface area contributed by atoms with Gasteiger partial charge in [-0.25, -0.2) is 0 Å². The zero-order valence-corrected chi connectivity index (χ0v) is 12.5. The third-order valence-electron chi connectivity index (χ3n) is 4.51. The highest BCUT2D eigenvalue weighted by atomic mass is 32.1. The first-order valence-electron chi connectivity index (χ1n) is 7.49. The van der Waals surface area contributed by atoms with E-state index >= 15 is 0 Å². The molecule has 0 aliphatic heterocycles. The van der Waals surface area contributed by atoms with Gasteiger partial charge in [-0.15, -0.1) is 0 Å². The van der Waals surface area contributed by atoms with Crippen LogP contribution in [0.1, 0.15) is 50.5 Å². The average molecular weight is 288 g/mol. The molecule has 1 amide bonds. The number of hydrogen-bond acceptors (Lipinski definition) is 3. The van der Waals surface area contributed by atoms with Crippen LogP contribution in [0.25, 0.3) is 0 Å². The van der Waals surface area contributed by atoms with Crippen molar-refractivity contribution in [1.82, 2.24) is 4.90 Å². The lowest BCUT2D eigenvalue weighted by Gasteiger charge is -2.35. The van der Waals surface area contributed by atoms with Crippen LogP contribution >= 0.6 is 11.3 Å². The second kappa shape index (κ2) is 5.57. The summed E-state index contributed by atoms with van der Waals surface area (Å²) in [4.78, 5) is 14.9. The molecule has 2 saturated carbocycles. The van der Waals surface area contributed by atoms with Crippen molar-refractivity contribution in [1.29, 1.82) is 5.26 Å². The maximum absolute atomic E-state index is 13.0. The van der Waals surface area contributed by atoms with Crippen molar-refractivity contribution in [3.8, 4) is 6.07 Å². The number of rotatable bonds is 4. The Morgan fingerprint density at radius 3 is 2.70 bits per heavy atom. The van der Waals surface area contributed by atoms with Crippen LogP contribution in [0.4, 0.5) is 0 Å². The highest BCUT2D eigenvalue weighted by molar-refractivity contribution is 7.07. The summed E-state index contributed by atoms with van der Waals surface area (Å²) in [6.45, 7) is 0.677. The Hall–Kier alpha value is -1.34. The number of carbonyl (C=O) groups excluding carboxylic acids is 1. The van der Waals surface area contributed by atoms with Gasteiger partial charge in [-0.2, -0.15) is 16.6 Å². The molecule has 2 aliphatic carbocycles. The fourth-order valence-corrected chi connectivity index (χ4v) is 3.80. The standard InChI is InChI=1S/C16H20N2OS/c17-12-16(7-2-1-3-8-16)15(19)18(14-4-5-14)10-13-6-9-20-11-13/h6,9,11,14H,1-5,7-8,10H2. The fourth-order valence-electron chi connectivity index (χ4n) is 3.14. The van der Waals surface area contributed by atoms with E-state index in [1.54, 1.807) is 11.3 Å². The van der Waals surface area contributed by atoms with Crippen LogP contribution in [0.3, 0.4) is 0 Å². The zero-order chi connectivity index (χ0) is 14.0. The molecule has 20 heavy (non-hydrogen) atoms. The van der Waals surface area contributed by atoms with E-state index in [0.29, 0.717) is 12.6 Å². The van der Waals surface area contributed by atoms with Crippen molar-refractivity contribution < 1.29 is 4.79 Å². The van der Waals surface area contributed by atoms with E-state index in [4.69, 9.17) is 0 Å². The third-order valence-corrected chi connectivity index (χ3v) is 5.24. The lowest BCUT2D eigenvalue weighted by Crippen LogP contribution is -2.45. The topological polar surface area (TPSA) is 44.1 Å². The van der Waals surface area contributed by atoms with Crippen LogP contribution in [0, 0.1) is 16.7 Å². The molecule has 0 spiro atoms. The quantitative estimate of drug-likeness (QED) is 0.847. The molecule has 4 heteroatoms. The lowest BCUT2D eigenvalue weighted by molar-refractivity contribution is -0.141. The second-order valence-corrected chi connectivity index (χ2v) is 6.83. The van der Waals surface area contributed by atoms with Crippen LogP contribution in [-0.2, 0) is 11.3 Å². The minimum Gasteiger partial charge on any atom is -0.334 e. The maximum atomic E-state index is 13.0. The molecular formula is C16H20N2OS. The molecule has 0 saturated heterocycles. The van der Waals surface area contributed by atoms with E-state index in [2.05, 4.69) is 17.5 Å². The summed E-state index contributed by atoms with van der Waals surface area (Å²) in [5.74, 6) is 0.0911. The summed E-state index contributed by atoms with van der Waals surface area (Å²) in [7, 11) is 0. The van der Waals surface area contributed by atoms with E-state index in [0.717, 1.165) is 44.9 Å². The Labute approximate surface area is 124 Å². The molecule has 0 N–H and O–H groups in total. The highest BCUT2D eigenvalue weighted by Gasteiger charge is 2.46. The third kappa shape index (κ3) is 2.60. The Bertz CT molecular complexity index is 507. The first kappa shape index (κ1) is 13.6. The Balaban J connectivity index is 1.79. The molecule has 1 heterocycles. The molecule has 2 aliphatic rings. The van der Waals surface area contributed by atoms with Gasteiger partial charge in [0.25, 0.3) is 0 Å². The van der Waals surface area contributed by atoms with Gasteiger partial charge in [-0.1, -0.05) is 19.3 Å². The van der Waals surface area contributed by atoms with E-state index in [-0.39, 0.29) is 5.91 Å². The van der Waals surface area contributed by atoms with Crippen LogP contribution < -0.4 is 0 Å². The van der Waals surface area contributed by atoms with Gasteiger partial charge < -0.3 is 4.90 Å². The van der Waals surface area contributed by atoms with E-state index in [9.17, 15) is 10.1 Å². The molecule has 3 nitrogen and oxygen atoms in total. The first-order chi connectivity index (χ1) is 9.75. The maximum Gasteiger partial charge on any atom is 0.243 e. The zero-order valence-electron chi connectivity index (χ0n) is 11.7. The predicted molar refractivity (Wildman–Crippen MR) is 79.0 cm³/mol. The number of nitrogens with zero attached hydrogens (tertiary/aromatic N) is 2. The molecule has 3 rings (SSSR count). The Morgan fingerprint density at radius 2 is 2.15 bits per heavy atom. The summed E-state index contributed by atoms with van der Waals surface area (Å²) in [5.41, 5.74) is 0.454. The molecule has 106 valence electrons. The lowest BCUT2D eigenvalue weighted by atomic mass is 9.74. The van der Waals surface area contributed by atoms with Crippen LogP contribution in [0.5, 0.6) is 0 Å². The summed E-state index contributed by atoms with van der Waals surface area (Å²) >= 11 is 1.66. The number of hydrogen-bond donors (Lipinski definition) is 0. The predicted octanol–water partition coefficient (Wildman–Crippen LogP) is 3.71. The average Bonchev–Trinajstić information content (AvgIpc) is 3.21. The summed E-state index contributed by atoms with van der Waals surface area (Å²) in [5, 5.41) is 13.7. The highest BCUT2D eigenvalue weighted by Crippen LogP contribution is 2.40. The minimum atomic E-state index is -0.739. The van der Waals surface area contributed by atoms with Gasteiger partial charge in [0.15, 0.2) is 0 Å². The number of nitriles is 1. The minimum absolute atomic E-state index is 0.0911. The Morgan fingerprint density at radius 1 is 1.40 bits per heavy atom. The van der Waals surface area contributed by atoms with Crippen molar-refractivity contribution >= 4 is 17.2 Å². The largest absolute Gasteiger partial charge is 0.334 e. The number of carbonyl (C=O) groups is 1. The molecule has 0 aromatic carbocycles. The van der Waals surface area contributed by atoms with Crippen molar-refractivity contribution in [2.45, 2.75) is 57.5 Å². The first-order valence-corrected chi connectivity index (χ1v) is 8.43. The molecule has 0 unspecified atom stereocenters. The van der Waals surface area contributed by atoms with Gasteiger partial charge in [0, 0.05) is 12.6 Å². The van der Waals surface area contributed by atoms with Gasteiger partial charge in [0.2, 0.25) is 5.91 Å². The van der Waals surface area contributed by atoms with Crippen molar-refractivity contribution in [2.75, 3.05) is 0 Å². The summed E-state index contributed by atoms with van der Waals surface area (Å²) in [6, 6.07) is 4.82. The monoisotopic (exact) mass is 288 g/mol. The van der Waals surface area contributed by atoms with Gasteiger partial charge in [-0.05, 0) is 48.1 Å². The molecule has 1 aromatic rings. The van der Waals surface area contributed by atoms with Gasteiger partial charge in [0.05, 0.1) is 6.07 Å². The molecule has 0 bridgehead atoms. The molecule has 2 fully saturated rings. The molecule has 0 radical (unpaired) electrons. The van der Waals surface area contributed by atoms with Crippen LogP contribution in [0.2, 0.25) is 0 Å². The van der Waals surface area contributed by atoms with Gasteiger partial charge in [0.1, 0.15) is 5.41 Å². The molecular weight excluding hydrogens is 268 g/mol. The van der Waals surface area contributed by atoms with Gasteiger partial charge in [-0.3, -0.25) is 4.79 Å². The van der Waals surface area contributed by atoms with E-state index < -0.39 is 5.41 Å². The summed E-state index contributed by atoms with van der Waals surface area (Å²) in [6.07, 6.45) is 6.86. The second-order valence-electron chi connectivity index (χ2n) is 6.05. The van der Waals surface area contributed by atoms with Crippen molar-refractivity contribution in [2.24, 2.45) is 5.41 Å². The smallest absolute Gasteiger partial charge is 0.243 e. The molecule has 1 aromatic heterocycles. The fraction of sp³-hybridized carbons (Fsp3) is 0.625. The number of thiophene rings is 1. The van der Waals surface area contributed by atoms with Gasteiger partial charge >= 0.3 is 0 Å². The van der Waals surface area contributed by atoms with Crippen LogP contribution in [0.15, 0.2) is 16.8 Å². The van der Waals surface area contributed by atoms with E-state index in [1.807, 2.05) is 10.3 Å². The van der Waals surface area contributed by atoms with Crippen molar-refractivity contribution in [3.63, 3.8) is 0 Å². The van der Waals surface area contributed by atoms with Crippen molar-refractivity contribution in [3.05, 3.63) is 22.4 Å².